The van der Waals surface area contributed by atoms with Crippen LogP contribution in [0.2, 0.25) is 0 Å². The minimum absolute atomic E-state index is 0.133. The number of aromatic nitrogens is 2. The van der Waals surface area contributed by atoms with Crippen molar-refractivity contribution in [3.63, 3.8) is 0 Å². The number of carbonyl (C=O) groups is 1. The highest BCUT2D eigenvalue weighted by Crippen LogP contribution is 2.13. The topological polar surface area (TPSA) is 72.5 Å². The molecule has 0 aromatic carbocycles. The molecule has 0 radical (unpaired) electrons. The molecule has 6 heteroatoms. The van der Waals surface area contributed by atoms with Crippen LogP contribution in [0.15, 0.2) is 0 Å². The number of nitrogens with zero attached hydrogens (tertiary/aromatic N) is 3. The number of nitrogens with one attached hydrogen (secondary N) is 1. The molecule has 1 aromatic rings. The Morgan fingerprint density at radius 3 is 2.59 bits per heavy atom. The van der Waals surface area contributed by atoms with Crippen LogP contribution in [-0.2, 0) is 6.54 Å². The number of aromatic amines is 1. The Balaban J connectivity index is 2.01. The van der Waals surface area contributed by atoms with Gasteiger partial charge in [0.2, 0.25) is 0 Å². The largest absolute Gasteiger partial charge is 0.476 e. The fraction of sp³-hybridized carbons (Fsp3) is 0.636. The summed E-state index contributed by atoms with van der Waals surface area (Å²) < 4.78 is 0. The van der Waals surface area contributed by atoms with E-state index >= 15 is 0 Å². The number of rotatable bonds is 3. The van der Waals surface area contributed by atoms with Crippen molar-refractivity contribution in [2.24, 2.45) is 0 Å². The third-order valence-electron chi connectivity index (χ3n) is 3.29. The summed E-state index contributed by atoms with van der Waals surface area (Å²) in [5.41, 5.74) is 1.79. The zero-order valence-electron chi connectivity index (χ0n) is 10.2. The van der Waals surface area contributed by atoms with Crippen molar-refractivity contribution in [2.45, 2.75) is 13.5 Å². The third-order valence-corrected chi connectivity index (χ3v) is 3.29. The highest BCUT2D eigenvalue weighted by Gasteiger charge is 2.19. The maximum atomic E-state index is 10.9. The number of hydrogen-bond donors (Lipinski definition) is 2. The summed E-state index contributed by atoms with van der Waals surface area (Å²) in [5, 5.41) is 15.6. The van der Waals surface area contributed by atoms with Crippen LogP contribution >= 0.6 is 0 Å². The van der Waals surface area contributed by atoms with Crippen molar-refractivity contribution >= 4 is 5.97 Å². The van der Waals surface area contributed by atoms with E-state index in [2.05, 4.69) is 27.0 Å². The molecule has 0 bridgehead atoms. The van der Waals surface area contributed by atoms with Gasteiger partial charge in [-0.05, 0) is 14.0 Å². The van der Waals surface area contributed by atoms with Crippen LogP contribution in [0.1, 0.15) is 21.7 Å². The second kappa shape index (κ2) is 4.85. The van der Waals surface area contributed by atoms with E-state index in [0.717, 1.165) is 44.0 Å². The quantitative estimate of drug-likeness (QED) is 0.785. The summed E-state index contributed by atoms with van der Waals surface area (Å²) >= 11 is 0. The van der Waals surface area contributed by atoms with E-state index in [4.69, 9.17) is 5.11 Å². The van der Waals surface area contributed by atoms with E-state index < -0.39 is 5.97 Å². The van der Waals surface area contributed by atoms with Crippen molar-refractivity contribution in [3.05, 3.63) is 17.0 Å². The summed E-state index contributed by atoms with van der Waals surface area (Å²) in [5.74, 6) is -0.969. The molecule has 0 spiro atoms. The lowest BCUT2D eigenvalue weighted by Gasteiger charge is -2.32. The summed E-state index contributed by atoms with van der Waals surface area (Å²) in [6.45, 7) is 6.69. The van der Waals surface area contributed by atoms with Gasteiger partial charge in [-0.25, -0.2) is 4.79 Å². The fourth-order valence-electron chi connectivity index (χ4n) is 2.03. The molecule has 94 valence electrons. The molecule has 2 heterocycles. The van der Waals surface area contributed by atoms with Gasteiger partial charge in [-0.1, -0.05) is 0 Å². The van der Waals surface area contributed by atoms with Gasteiger partial charge in [0.05, 0.1) is 5.69 Å². The van der Waals surface area contributed by atoms with Gasteiger partial charge in [0.1, 0.15) is 0 Å². The summed E-state index contributed by atoms with van der Waals surface area (Å²) in [7, 11) is 2.11. The van der Waals surface area contributed by atoms with Gasteiger partial charge in [0, 0.05) is 38.3 Å². The maximum absolute atomic E-state index is 10.9. The number of hydrogen-bond acceptors (Lipinski definition) is 4. The van der Waals surface area contributed by atoms with E-state index in [1.165, 1.54) is 0 Å². The first-order valence-electron chi connectivity index (χ1n) is 5.76. The minimum Gasteiger partial charge on any atom is -0.476 e. The molecule has 1 fully saturated rings. The van der Waals surface area contributed by atoms with Crippen LogP contribution in [0.25, 0.3) is 0 Å². The van der Waals surface area contributed by atoms with E-state index in [1.54, 1.807) is 6.92 Å². The predicted molar refractivity (Wildman–Crippen MR) is 63.1 cm³/mol. The van der Waals surface area contributed by atoms with Gasteiger partial charge in [-0.15, -0.1) is 0 Å². The van der Waals surface area contributed by atoms with Gasteiger partial charge >= 0.3 is 5.97 Å². The molecule has 0 saturated carbocycles. The van der Waals surface area contributed by atoms with Gasteiger partial charge in [0.15, 0.2) is 5.69 Å². The Morgan fingerprint density at radius 1 is 1.41 bits per heavy atom. The first-order valence-corrected chi connectivity index (χ1v) is 5.76. The Morgan fingerprint density at radius 2 is 2.06 bits per heavy atom. The molecule has 1 aliphatic rings. The third kappa shape index (κ3) is 2.65. The van der Waals surface area contributed by atoms with E-state index in [-0.39, 0.29) is 5.69 Å². The Labute approximate surface area is 100 Å². The molecule has 0 unspecified atom stereocenters. The standard InChI is InChI=1S/C11H18N4O2/c1-8-9(12-13-10(8)11(16)17)7-15-5-3-14(2)4-6-15/h3-7H2,1-2H3,(H,12,13)(H,16,17). The second-order valence-electron chi connectivity index (χ2n) is 4.56. The van der Waals surface area contributed by atoms with Crippen LogP contribution < -0.4 is 0 Å². The van der Waals surface area contributed by atoms with Crippen molar-refractivity contribution in [2.75, 3.05) is 33.2 Å². The van der Waals surface area contributed by atoms with E-state index in [0.29, 0.717) is 0 Å². The average molecular weight is 238 g/mol. The Hall–Kier alpha value is -1.40. The van der Waals surface area contributed by atoms with Crippen LogP contribution in [0.3, 0.4) is 0 Å². The lowest BCUT2D eigenvalue weighted by molar-refractivity contribution is 0.0689. The number of piperazine rings is 1. The first kappa shape index (κ1) is 12.1. The first-order chi connectivity index (χ1) is 8.08. The molecule has 0 atom stereocenters. The van der Waals surface area contributed by atoms with Crippen molar-refractivity contribution < 1.29 is 9.90 Å². The SMILES string of the molecule is Cc1c(C(=O)O)n[nH]c1CN1CCN(C)CC1. The maximum Gasteiger partial charge on any atom is 0.356 e. The van der Waals surface area contributed by atoms with Gasteiger partial charge in [0.25, 0.3) is 0 Å². The number of aromatic carboxylic acids is 1. The molecule has 1 aromatic heterocycles. The van der Waals surface area contributed by atoms with Gasteiger partial charge < -0.3 is 10.0 Å². The highest BCUT2D eigenvalue weighted by atomic mass is 16.4. The molecule has 0 amide bonds. The zero-order chi connectivity index (χ0) is 12.4. The van der Waals surface area contributed by atoms with Gasteiger partial charge in [-0.3, -0.25) is 10.00 Å². The fourth-order valence-corrected chi connectivity index (χ4v) is 2.03. The average Bonchev–Trinajstić information content (AvgIpc) is 2.64. The predicted octanol–water partition coefficient (Wildman–Crippen LogP) is 0.164. The van der Waals surface area contributed by atoms with E-state index in [9.17, 15) is 4.79 Å². The molecule has 1 aliphatic heterocycles. The van der Waals surface area contributed by atoms with Crippen molar-refractivity contribution in [3.8, 4) is 0 Å². The molecule has 6 nitrogen and oxygen atoms in total. The summed E-state index contributed by atoms with van der Waals surface area (Å²) in [6, 6.07) is 0. The molecule has 2 rings (SSSR count). The van der Waals surface area contributed by atoms with Crippen molar-refractivity contribution in [1.29, 1.82) is 0 Å². The number of carboxylic acid groups (broad SMARTS) is 1. The minimum atomic E-state index is -0.969. The van der Waals surface area contributed by atoms with Crippen LogP contribution in [-0.4, -0.2) is 64.3 Å². The number of H-pyrrole nitrogens is 1. The number of likely N-dealkylation sites (N-methyl/N-ethyl adjacent to an activating group) is 1. The monoisotopic (exact) mass is 238 g/mol. The number of carboxylic acids is 1. The molecule has 17 heavy (non-hydrogen) atoms. The molecule has 2 N–H and O–H groups in total. The van der Waals surface area contributed by atoms with E-state index in [1.807, 2.05) is 0 Å². The van der Waals surface area contributed by atoms with Crippen molar-refractivity contribution in [1.82, 2.24) is 20.0 Å². The lowest BCUT2D eigenvalue weighted by atomic mass is 10.2. The normalized spacial score (nSPS) is 18.5. The second-order valence-corrected chi connectivity index (χ2v) is 4.56. The van der Waals surface area contributed by atoms with Gasteiger partial charge in [-0.2, -0.15) is 5.10 Å². The lowest BCUT2D eigenvalue weighted by Crippen LogP contribution is -2.44. The molecule has 0 aliphatic carbocycles. The van der Waals surface area contributed by atoms with Crippen LogP contribution in [0.4, 0.5) is 0 Å². The van der Waals surface area contributed by atoms with Crippen LogP contribution in [0, 0.1) is 6.92 Å². The van der Waals surface area contributed by atoms with Crippen LogP contribution in [0.5, 0.6) is 0 Å². The molecular weight excluding hydrogens is 220 g/mol. The highest BCUT2D eigenvalue weighted by molar-refractivity contribution is 5.87. The summed E-state index contributed by atoms with van der Waals surface area (Å²) in [4.78, 5) is 15.5. The molecule has 1 saturated heterocycles. The molecular formula is C11H18N4O2. The smallest absolute Gasteiger partial charge is 0.356 e. The Kier molecular flexibility index (Phi) is 3.44. The zero-order valence-corrected chi connectivity index (χ0v) is 10.2. The Bertz CT molecular complexity index is 408. The summed E-state index contributed by atoms with van der Waals surface area (Å²) in [6.07, 6.45) is 0.